The molecule has 0 aromatic carbocycles. The smallest absolute Gasteiger partial charge is 0.0109 e. The van der Waals surface area contributed by atoms with E-state index in [1.807, 2.05) is 0 Å². The maximum atomic E-state index is 5.56. The molecule has 80 valence electrons. The van der Waals surface area contributed by atoms with E-state index in [-0.39, 0.29) is 0 Å². The molecule has 3 nitrogen and oxygen atoms in total. The summed E-state index contributed by atoms with van der Waals surface area (Å²) in [6.45, 7) is 5.28. The Morgan fingerprint density at radius 2 is 1.77 bits per heavy atom. The minimum atomic E-state index is 0.657. The second-order valence-electron chi connectivity index (χ2n) is 3.92. The van der Waals surface area contributed by atoms with E-state index in [1.165, 1.54) is 6.42 Å². The Morgan fingerprint density at radius 3 is 2.15 bits per heavy atom. The molecule has 0 aliphatic rings. The lowest BCUT2D eigenvalue weighted by Gasteiger charge is -2.27. The molecule has 1 atom stereocenters. The van der Waals surface area contributed by atoms with E-state index >= 15 is 0 Å². The summed E-state index contributed by atoms with van der Waals surface area (Å²) in [7, 11) is 6.41. The summed E-state index contributed by atoms with van der Waals surface area (Å²) in [6.07, 6.45) is 2.31. The molecular formula is C10H25N3. The Kier molecular flexibility index (Phi) is 7.23. The topological polar surface area (TPSA) is 32.5 Å². The van der Waals surface area contributed by atoms with E-state index in [2.05, 4.69) is 37.9 Å². The fraction of sp³-hybridized carbons (Fsp3) is 1.00. The Balaban J connectivity index is 3.69. The molecule has 0 fully saturated rings. The van der Waals surface area contributed by atoms with Crippen molar-refractivity contribution in [2.75, 3.05) is 40.8 Å². The lowest BCUT2D eigenvalue weighted by molar-refractivity contribution is 0.205. The lowest BCUT2D eigenvalue weighted by atomic mass is 10.1. The van der Waals surface area contributed by atoms with Gasteiger partial charge in [-0.25, -0.2) is 0 Å². The molecule has 0 bridgehead atoms. The van der Waals surface area contributed by atoms with E-state index in [4.69, 9.17) is 5.73 Å². The van der Waals surface area contributed by atoms with Crippen molar-refractivity contribution in [3.05, 3.63) is 0 Å². The highest BCUT2D eigenvalue weighted by Crippen LogP contribution is 2.04. The highest BCUT2D eigenvalue weighted by atomic mass is 15.2. The summed E-state index contributed by atoms with van der Waals surface area (Å²) in [5, 5.41) is 0. The summed E-state index contributed by atoms with van der Waals surface area (Å²) >= 11 is 0. The Labute approximate surface area is 82.9 Å². The Bertz CT molecular complexity index is 115. The quantitative estimate of drug-likeness (QED) is 0.634. The Morgan fingerprint density at radius 1 is 1.15 bits per heavy atom. The number of nitrogens with two attached hydrogens (primary N) is 1. The SMILES string of the molecule is CCC(CCN)N(C)CCN(C)C. The van der Waals surface area contributed by atoms with Gasteiger partial charge in [0.2, 0.25) is 0 Å². The molecule has 0 radical (unpaired) electrons. The highest BCUT2D eigenvalue weighted by molar-refractivity contribution is 4.68. The van der Waals surface area contributed by atoms with E-state index < -0.39 is 0 Å². The third-order valence-electron chi connectivity index (χ3n) is 2.49. The predicted octanol–water partition coefficient (Wildman–Crippen LogP) is 0.607. The van der Waals surface area contributed by atoms with Crippen LogP contribution in [0.2, 0.25) is 0 Å². The second-order valence-corrected chi connectivity index (χ2v) is 3.92. The number of likely N-dealkylation sites (N-methyl/N-ethyl adjacent to an activating group) is 2. The summed E-state index contributed by atoms with van der Waals surface area (Å²) in [6, 6.07) is 0.657. The van der Waals surface area contributed by atoms with Gasteiger partial charge in [0.25, 0.3) is 0 Å². The molecule has 0 aliphatic heterocycles. The minimum absolute atomic E-state index is 0.657. The molecule has 0 spiro atoms. The van der Waals surface area contributed by atoms with Gasteiger partial charge in [0.15, 0.2) is 0 Å². The summed E-state index contributed by atoms with van der Waals surface area (Å²) in [5.74, 6) is 0. The van der Waals surface area contributed by atoms with Crippen LogP contribution in [0.25, 0.3) is 0 Å². The molecule has 0 saturated heterocycles. The van der Waals surface area contributed by atoms with Gasteiger partial charge >= 0.3 is 0 Å². The van der Waals surface area contributed by atoms with Crippen molar-refractivity contribution >= 4 is 0 Å². The van der Waals surface area contributed by atoms with Crippen molar-refractivity contribution in [3.8, 4) is 0 Å². The zero-order valence-electron chi connectivity index (χ0n) is 9.58. The first-order valence-corrected chi connectivity index (χ1v) is 5.16. The standard InChI is InChI=1S/C10H25N3/c1-5-10(6-7-11)13(4)9-8-12(2)3/h10H,5-9,11H2,1-4H3. The fourth-order valence-corrected chi connectivity index (χ4v) is 1.47. The van der Waals surface area contributed by atoms with Crippen LogP contribution in [0.15, 0.2) is 0 Å². The molecular weight excluding hydrogens is 162 g/mol. The van der Waals surface area contributed by atoms with Crippen LogP contribution < -0.4 is 5.73 Å². The van der Waals surface area contributed by atoms with E-state index in [0.29, 0.717) is 6.04 Å². The zero-order chi connectivity index (χ0) is 10.3. The van der Waals surface area contributed by atoms with Crippen molar-refractivity contribution in [2.45, 2.75) is 25.8 Å². The number of nitrogens with zero attached hydrogens (tertiary/aromatic N) is 2. The van der Waals surface area contributed by atoms with Gasteiger partial charge in [0.1, 0.15) is 0 Å². The third kappa shape index (κ3) is 6.02. The van der Waals surface area contributed by atoms with Crippen LogP contribution in [0.1, 0.15) is 19.8 Å². The largest absolute Gasteiger partial charge is 0.330 e. The average Bonchev–Trinajstić information content (AvgIpc) is 2.10. The number of hydrogen-bond donors (Lipinski definition) is 1. The first-order valence-electron chi connectivity index (χ1n) is 5.16. The third-order valence-corrected chi connectivity index (χ3v) is 2.49. The highest BCUT2D eigenvalue weighted by Gasteiger charge is 2.10. The lowest BCUT2D eigenvalue weighted by Crippen LogP contribution is -2.37. The van der Waals surface area contributed by atoms with E-state index in [9.17, 15) is 0 Å². The van der Waals surface area contributed by atoms with Gasteiger partial charge in [-0.1, -0.05) is 6.92 Å². The first kappa shape index (κ1) is 12.9. The molecule has 0 saturated carbocycles. The molecule has 1 unspecified atom stereocenters. The average molecular weight is 187 g/mol. The van der Waals surface area contributed by atoms with Gasteiger partial charge < -0.3 is 15.5 Å². The summed E-state index contributed by atoms with van der Waals surface area (Å²) in [5.41, 5.74) is 5.56. The van der Waals surface area contributed by atoms with Crippen molar-refractivity contribution in [1.82, 2.24) is 9.80 Å². The predicted molar refractivity (Wildman–Crippen MR) is 58.9 cm³/mol. The molecule has 0 amide bonds. The van der Waals surface area contributed by atoms with Crippen molar-refractivity contribution < 1.29 is 0 Å². The van der Waals surface area contributed by atoms with Crippen LogP contribution in [-0.2, 0) is 0 Å². The van der Waals surface area contributed by atoms with Crippen LogP contribution >= 0.6 is 0 Å². The van der Waals surface area contributed by atoms with Gasteiger partial charge in [-0.05, 0) is 40.5 Å². The number of rotatable bonds is 7. The van der Waals surface area contributed by atoms with Crippen LogP contribution in [-0.4, -0.2) is 56.6 Å². The molecule has 0 rings (SSSR count). The summed E-state index contributed by atoms with van der Waals surface area (Å²) in [4.78, 5) is 4.62. The molecule has 0 heterocycles. The van der Waals surface area contributed by atoms with Crippen LogP contribution in [0.5, 0.6) is 0 Å². The van der Waals surface area contributed by atoms with E-state index in [0.717, 1.165) is 26.1 Å². The normalized spacial score (nSPS) is 14.1. The monoisotopic (exact) mass is 187 g/mol. The molecule has 2 N–H and O–H groups in total. The van der Waals surface area contributed by atoms with Gasteiger partial charge in [-0.15, -0.1) is 0 Å². The molecule has 0 aromatic rings. The minimum Gasteiger partial charge on any atom is -0.330 e. The zero-order valence-corrected chi connectivity index (χ0v) is 9.58. The van der Waals surface area contributed by atoms with Crippen LogP contribution in [0.3, 0.4) is 0 Å². The van der Waals surface area contributed by atoms with Gasteiger partial charge in [0.05, 0.1) is 0 Å². The molecule has 0 aromatic heterocycles. The molecule has 0 aliphatic carbocycles. The van der Waals surface area contributed by atoms with Crippen LogP contribution in [0, 0.1) is 0 Å². The maximum absolute atomic E-state index is 5.56. The fourth-order valence-electron chi connectivity index (χ4n) is 1.47. The van der Waals surface area contributed by atoms with E-state index in [1.54, 1.807) is 0 Å². The van der Waals surface area contributed by atoms with Crippen LogP contribution in [0.4, 0.5) is 0 Å². The first-order chi connectivity index (χ1) is 6.11. The van der Waals surface area contributed by atoms with Crippen molar-refractivity contribution in [3.63, 3.8) is 0 Å². The summed E-state index contributed by atoms with van der Waals surface area (Å²) < 4.78 is 0. The second kappa shape index (κ2) is 7.30. The Hall–Kier alpha value is -0.120. The molecule has 13 heavy (non-hydrogen) atoms. The van der Waals surface area contributed by atoms with Crippen molar-refractivity contribution in [1.29, 1.82) is 0 Å². The van der Waals surface area contributed by atoms with Gasteiger partial charge in [-0.3, -0.25) is 0 Å². The van der Waals surface area contributed by atoms with Crippen molar-refractivity contribution in [2.24, 2.45) is 5.73 Å². The maximum Gasteiger partial charge on any atom is 0.0109 e. The number of hydrogen-bond acceptors (Lipinski definition) is 3. The molecule has 3 heteroatoms. The van der Waals surface area contributed by atoms with Gasteiger partial charge in [0, 0.05) is 19.1 Å². The van der Waals surface area contributed by atoms with Gasteiger partial charge in [-0.2, -0.15) is 0 Å².